The summed E-state index contributed by atoms with van der Waals surface area (Å²) in [6.45, 7) is 7.30. The number of hydrogen-bond donors (Lipinski definition) is 3. The van der Waals surface area contributed by atoms with Crippen LogP contribution in [0.15, 0.2) is 0 Å². The standard InChI is InChI=1S/C77H150O17P2/c1-6-10-13-16-19-21-22-23-24-25-29-32-35-38-42-46-51-56-61-75(80)88-67-73(94-77(82)63-58-53-48-43-39-36-33-30-27-26-28-31-34-37-41-45-49-54-59-70(5)9-4)69-92-96(85,86)90-65-71(78)64-89-95(83,84)91-68-72(66-87-74(79)60-55-50-44-18-15-12-8-3)93-76(81)62-57-52-47-40-20-17-14-11-7-2/h70-73,78H,6-69H2,1-5H3,(H,83,84)(H,85,86)/t70?,71-,72+,73+/m0/s1. The first-order valence-electron chi connectivity index (χ1n) is 40.2. The van der Waals surface area contributed by atoms with Gasteiger partial charge in [-0.25, -0.2) is 9.13 Å². The van der Waals surface area contributed by atoms with Gasteiger partial charge in [0.25, 0.3) is 0 Å². The molecule has 0 aliphatic heterocycles. The monoisotopic (exact) mass is 1410 g/mol. The molecule has 0 saturated carbocycles. The Bertz CT molecular complexity index is 1840. The number of unbranched alkanes of at least 4 members (excludes halogenated alkanes) is 48. The van der Waals surface area contributed by atoms with E-state index in [9.17, 15) is 43.2 Å². The van der Waals surface area contributed by atoms with Crippen LogP contribution in [0.2, 0.25) is 0 Å². The maximum Gasteiger partial charge on any atom is 0.472 e. The summed E-state index contributed by atoms with van der Waals surface area (Å²) in [6, 6.07) is 0. The number of hydrogen-bond acceptors (Lipinski definition) is 15. The Morgan fingerprint density at radius 2 is 0.500 bits per heavy atom. The van der Waals surface area contributed by atoms with Crippen molar-refractivity contribution in [2.24, 2.45) is 5.92 Å². The van der Waals surface area contributed by atoms with Crippen LogP contribution in [0.25, 0.3) is 0 Å². The molecule has 17 nitrogen and oxygen atoms in total. The highest BCUT2D eigenvalue weighted by Crippen LogP contribution is 2.45. The molecule has 570 valence electrons. The Morgan fingerprint density at radius 1 is 0.292 bits per heavy atom. The van der Waals surface area contributed by atoms with Crippen molar-refractivity contribution < 1.29 is 80.2 Å². The van der Waals surface area contributed by atoms with Gasteiger partial charge in [0.15, 0.2) is 12.2 Å². The third kappa shape index (κ3) is 69.2. The molecule has 3 unspecified atom stereocenters. The SMILES string of the molecule is CCCCCCCCCCCCCCCCCCCCC(=O)OC[C@H](COP(=O)(O)OC[C@@H](O)COP(=O)(O)OC[C@@H](COC(=O)CCCCCCCCC)OC(=O)CCCCCCCCCCC)OC(=O)CCCCCCCCCCCCCCCCCCCCC(C)CC. The minimum atomic E-state index is -4.96. The number of esters is 4. The molecule has 0 aliphatic carbocycles. The molecule has 0 aromatic carbocycles. The normalized spacial score (nSPS) is 14.2. The van der Waals surface area contributed by atoms with Gasteiger partial charge in [-0.2, -0.15) is 0 Å². The number of phosphoric acid groups is 2. The van der Waals surface area contributed by atoms with Gasteiger partial charge in [-0.05, 0) is 31.6 Å². The van der Waals surface area contributed by atoms with Crippen LogP contribution in [-0.2, 0) is 65.4 Å². The quantitative estimate of drug-likeness (QED) is 0.0222. The first kappa shape index (κ1) is 94.1. The van der Waals surface area contributed by atoms with Gasteiger partial charge in [0.1, 0.15) is 19.3 Å². The van der Waals surface area contributed by atoms with Crippen LogP contribution in [0.3, 0.4) is 0 Å². The second kappa shape index (κ2) is 70.1. The molecule has 19 heteroatoms. The van der Waals surface area contributed by atoms with Gasteiger partial charge in [0.05, 0.1) is 26.4 Å². The Labute approximate surface area is 588 Å². The minimum absolute atomic E-state index is 0.106. The van der Waals surface area contributed by atoms with E-state index in [0.717, 1.165) is 109 Å². The van der Waals surface area contributed by atoms with Crippen LogP contribution >= 0.6 is 15.6 Å². The molecule has 0 radical (unpaired) electrons. The zero-order valence-corrected chi connectivity index (χ0v) is 64.3. The number of ether oxygens (including phenoxy) is 4. The molecule has 0 rings (SSSR count). The van der Waals surface area contributed by atoms with Crippen LogP contribution in [0.4, 0.5) is 0 Å². The van der Waals surface area contributed by atoms with Crippen molar-refractivity contribution in [3.05, 3.63) is 0 Å². The molecular formula is C77H150O17P2. The highest BCUT2D eigenvalue weighted by Gasteiger charge is 2.30. The van der Waals surface area contributed by atoms with E-state index in [0.29, 0.717) is 25.7 Å². The Kier molecular flexibility index (Phi) is 68.7. The van der Waals surface area contributed by atoms with Crippen molar-refractivity contribution in [2.75, 3.05) is 39.6 Å². The van der Waals surface area contributed by atoms with E-state index < -0.39 is 97.5 Å². The highest BCUT2D eigenvalue weighted by molar-refractivity contribution is 7.47. The molecule has 0 heterocycles. The number of carbonyl (C=O) groups is 4. The summed E-state index contributed by atoms with van der Waals surface area (Å²) in [5, 5.41) is 10.6. The van der Waals surface area contributed by atoms with E-state index in [1.165, 1.54) is 218 Å². The first-order chi connectivity index (χ1) is 46.6. The average Bonchev–Trinajstić information content (AvgIpc) is 2.94. The summed E-state index contributed by atoms with van der Waals surface area (Å²) in [4.78, 5) is 72.6. The van der Waals surface area contributed by atoms with Crippen LogP contribution < -0.4 is 0 Å². The van der Waals surface area contributed by atoms with Crippen molar-refractivity contribution in [1.29, 1.82) is 0 Å². The van der Waals surface area contributed by atoms with Crippen molar-refractivity contribution in [1.82, 2.24) is 0 Å². The summed E-state index contributed by atoms with van der Waals surface area (Å²) in [5.74, 6) is -1.25. The molecule has 0 aromatic rings. The summed E-state index contributed by atoms with van der Waals surface area (Å²) >= 11 is 0. The van der Waals surface area contributed by atoms with Gasteiger partial charge in [0.2, 0.25) is 0 Å². The van der Waals surface area contributed by atoms with E-state index in [-0.39, 0.29) is 25.7 Å². The van der Waals surface area contributed by atoms with E-state index in [1.807, 2.05) is 0 Å². The third-order valence-corrected chi connectivity index (χ3v) is 20.3. The molecular weight excluding hydrogens is 1260 g/mol. The lowest BCUT2D eigenvalue weighted by Crippen LogP contribution is -2.30. The molecule has 6 atom stereocenters. The van der Waals surface area contributed by atoms with Gasteiger partial charge >= 0.3 is 39.5 Å². The second-order valence-electron chi connectivity index (χ2n) is 28.0. The lowest BCUT2D eigenvalue weighted by molar-refractivity contribution is -0.161. The number of aliphatic hydroxyl groups excluding tert-OH is 1. The third-order valence-electron chi connectivity index (χ3n) is 18.4. The molecule has 0 spiro atoms. The fraction of sp³-hybridized carbons (Fsp3) is 0.948. The predicted octanol–water partition coefficient (Wildman–Crippen LogP) is 22.9. The van der Waals surface area contributed by atoms with Crippen molar-refractivity contribution in [3.63, 3.8) is 0 Å². The van der Waals surface area contributed by atoms with E-state index in [1.54, 1.807) is 0 Å². The largest absolute Gasteiger partial charge is 0.472 e. The van der Waals surface area contributed by atoms with E-state index >= 15 is 0 Å². The molecule has 0 fully saturated rings. The maximum atomic E-state index is 13.1. The van der Waals surface area contributed by atoms with Gasteiger partial charge in [-0.1, -0.05) is 356 Å². The predicted molar refractivity (Wildman–Crippen MR) is 391 cm³/mol. The second-order valence-corrected chi connectivity index (χ2v) is 30.9. The smallest absolute Gasteiger partial charge is 0.462 e. The van der Waals surface area contributed by atoms with E-state index in [2.05, 4.69) is 34.6 Å². The fourth-order valence-electron chi connectivity index (χ4n) is 11.8. The Hall–Kier alpha value is -1.94. The Balaban J connectivity index is 5.13. The lowest BCUT2D eigenvalue weighted by Gasteiger charge is -2.21. The number of aliphatic hydroxyl groups is 1. The highest BCUT2D eigenvalue weighted by atomic mass is 31.2. The summed E-state index contributed by atoms with van der Waals surface area (Å²) in [5.41, 5.74) is 0. The number of rotatable bonds is 77. The van der Waals surface area contributed by atoms with Crippen LogP contribution in [0, 0.1) is 5.92 Å². The molecule has 0 amide bonds. The topological polar surface area (TPSA) is 237 Å². The first-order valence-corrected chi connectivity index (χ1v) is 43.2. The number of phosphoric ester groups is 2. The van der Waals surface area contributed by atoms with Crippen LogP contribution in [-0.4, -0.2) is 96.7 Å². The maximum absolute atomic E-state index is 13.1. The Morgan fingerprint density at radius 3 is 0.740 bits per heavy atom. The van der Waals surface area contributed by atoms with Gasteiger partial charge in [-0.15, -0.1) is 0 Å². The zero-order chi connectivity index (χ0) is 70.5. The van der Waals surface area contributed by atoms with Crippen molar-refractivity contribution in [2.45, 2.75) is 425 Å². The molecule has 0 aromatic heterocycles. The van der Waals surface area contributed by atoms with E-state index in [4.69, 9.17) is 37.0 Å². The lowest BCUT2D eigenvalue weighted by atomic mass is 9.99. The molecule has 96 heavy (non-hydrogen) atoms. The molecule has 0 bridgehead atoms. The van der Waals surface area contributed by atoms with Crippen LogP contribution in [0.1, 0.15) is 407 Å². The average molecular weight is 1410 g/mol. The van der Waals surface area contributed by atoms with Crippen molar-refractivity contribution in [3.8, 4) is 0 Å². The van der Waals surface area contributed by atoms with Crippen molar-refractivity contribution >= 4 is 39.5 Å². The summed E-state index contributed by atoms with van der Waals surface area (Å²) in [6.07, 6.45) is 59.9. The molecule has 0 saturated heterocycles. The molecule has 3 N–H and O–H groups in total. The summed E-state index contributed by atoms with van der Waals surface area (Å²) in [7, 11) is -9.90. The fourth-order valence-corrected chi connectivity index (χ4v) is 13.4. The van der Waals surface area contributed by atoms with Gasteiger partial charge < -0.3 is 33.8 Å². The van der Waals surface area contributed by atoms with Crippen LogP contribution in [0.5, 0.6) is 0 Å². The summed E-state index contributed by atoms with van der Waals surface area (Å²) < 4.78 is 68.3. The molecule has 0 aliphatic rings. The van der Waals surface area contributed by atoms with Gasteiger partial charge in [-0.3, -0.25) is 37.3 Å². The van der Waals surface area contributed by atoms with Gasteiger partial charge in [0, 0.05) is 25.7 Å². The minimum Gasteiger partial charge on any atom is -0.462 e. The zero-order valence-electron chi connectivity index (χ0n) is 62.5. The number of carbonyl (C=O) groups excluding carboxylic acids is 4.